The Labute approximate surface area is 201 Å². The van der Waals surface area contributed by atoms with Gasteiger partial charge in [-0.25, -0.2) is 9.97 Å². The molecule has 35 heavy (non-hydrogen) atoms. The number of amides is 2. The zero-order valence-corrected chi connectivity index (χ0v) is 18.5. The van der Waals surface area contributed by atoms with Gasteiger partial charge in [0.15, 0.2) is 0 Å². The van der Waals surface area contributed by atoms with Crippen molar-refractivity contribution in [3.8, 4) is 0 Å². The van der Waals surface area contributed by atoms with Crippen molar-refractivity contribution in [1.29, 1.82) is 0 Å². The minimum absolute atomic E-state index is 0.0313. The number of halogens is 4. The van der Waals surface area contributed by atoms with Crippen LogP contribution in [-0.2, 0) is 12.7 Å². The quantitative estimate of drug-likeness (QED) is 0.354. The van der Waals surface area contributed by atoms with Crippen LogP contribution >= 0.6 is 11.6 Å². The van der Waals surface area contributed by atoms with Crippen LogP contribution in [0.3, 0.4) is 0 Å². The van der Waals surface area contributed by atoms with Crippen molar-refractivity contribution < 1.29 is 22.8 Å². The highest BCUT2D eigenvalue weighted by molar-refractivity contribution is 6.31. The van der Waals surface area contributed by atoms with Gasteiger partial charge in [-0.1, -0.05) is 17.7 Å². The van der Waals surface area contributed by atoms with Gasteiger partial charge >= 0.3 is 6.18 Å². The topological polar surface area (TPSA) is 123 Å². The zero-order valence-electron chi connectivity index (χ0n) is 17.7. The molecule has 8 nitrogen and oxygen atoms in total. The molecule has 4 aromatic rings. The third-order valence-corrected chi connectivity index (χ3v) is 5.33. The normalized spacial score (nSPS) is 11.3. The van der Waals surface area contributed by atoms with Crippen LogP contribution in [-0.4, -0.2) is 26.8 Å². The Morgan fingerprint density at radius 2 is 1.77 bits per heavy atom. The molecule has 0 aliphatic rings. The minimum atomic E-state index is -4.60. The van der Waals surface area contributed by atoms with E-state index in [1.54, 1.807) is 0 Å². The third-order valence-electron chi connectivity index (χ3n) is 5.00. The zero-order chi connectivity index (χ0) is 25.2. The van der Waals surface area contributed by atoms with Gasteiger partial charge in [0.1, 0.15) is 12.1 Å². The summed E-state index contributed by atoms with van der Waals surface area (Å²) in [5.74, 6) is -1.01. The maximum absolute atomic E-state index is 13.2. The summed E-state index contributed by atoms with van der Waals surface area (Å²) in [5.41, 5.74) is 5.69. The molecular formula is C23H16ClF3N6O2. The predicted molar refractivity (Wildman–Crippen MR) is 124 cm³/mol. The van der Waals surface area contributed by atoms with Gasteiger partial charge in [0, 0.05) is 35.6 Å². The summed E-state index contributed by atoms with van der Waals surface area (Å²) in [7, 11) is 0. The molecule has 0 atom stereocenters. The van der Waals surface area contributed by atoms with Crippen LogP contribution in [0.1, 0.15) is 31.8 Å². The second-order valence-corrected chi connectivity index (χ2v) is 7.77. The molecule has 0 unspecified atom stereocenters. The average Bonchev–Trinajstić information content (AvgIpc) is 2.82. The standard InChI is InChI=1S/C23H16ClF3N6O2/c24-18-2-1-12(7-17(18)23(25,26)27)10-30-21-16-9-14(33-22(35)13-3-5-29-6-4-13)8-15(20(28)34)19(16)31-11-32-21/h1-9,11H,10H2,(H2,28,34)(H,33,35)(H,30,31,32). The van der Waals surface area contributed by atoms with E-state index in [0.717, 1.165) is 12.1 Å². The summed E-state index contributed by atoms with van der Waals surface area (Å²) in [5, 5.41) is 5.55. The number of hydrogen-bond donors (Lipinski definition) is 3. The van der Waals surface area contributed by atoms with Gasteiger partial charge in [-0.2, -0.15) is 13.2 Å². The molecule has 2 aromatic heterocycles. The predicted octanol–water partition coefficient (Wildman–Crippen LogP) is 4.66. The smallest absolute Gasteiger partial charge is 0.366 e. The number of pyridine rings is 1. The highest BCUT2D eigenvalue weighted by atomic mass is 35.5. The van der Waals surface area contributed by atoms with Crippen molar-refractivity contribution in [1.82, 2.24) is 15.0 Å². The number of aromatic nitrogens is 3. The van der Waals surface area contributed by atoms with Crippen LogP contribution < -0.4 is 16.4 Å². The number of nitrogens with two attached hydrogens (primary N) is 1. The van der Waals surface area contributed by atoms with E-state index in [4.69, 9.17) is 17.3 Å². The van der Waals surface area contributed by atoms with E-state index >= 15 is 0 Å². The van der Waals surface area contributed by atoms with Crippen molar-refractivity contribution in [3.63, 3.8) is 0 Å². The fourth-order valence-corrected chi connectivity index (χ4v) is 3.59. The largest absolute Gasteiger partial charge is 0.417 e. The van der Waals surface area contributed by atoms with Gasteiger partial charge in [0.25, 0.3) is 11.8 Å². The molecule has 0 aliphatic heterocycles. The second kappa shape index (κ2) is 9.55. The Morgan fingerprint density at radius 3 is 2.46 bits per heavy atom. The summed E-state index contributed by atoms with van der Waals surface area (Å²) in [6.45, 7) is -0.0358. The van der Waals surface area contributed by atoms with Crippen LogP contribution in [0, 0.1) is 0 Å². The molecule has 12 heteroatoms. The lowest BCUT2D eigenvalue weighted by atomic mass is 10.1. The molecule has 0 spiro atoms. The summed E-state index contributed by atoms with van der Waals surface area (Å²) in [6, 6.07) is 9.50. The highest BCUT2D eigenvalue weighted by Gasteiger charge is 2.33. The first-order valence-corrected chi connectivity index (χ1v) is 10.4. The van der Waals surface area contributed by atoms with Crippen molar-refractivity contribution >= 4 is 45.8 Å². The number of benzene rings is 2. The van der Waals surface area contributed by atoms with E-state index in [0.29, 0.717) is 16.5 Å². The molecule has 2 amide bonds. The number of rotatable bonds is 6. The maximum atomic E-state index is 13.2. The number of hydrogen-bond acceptors (Lipinski definition) is 6. The molecule has 0 bridgehead atoms. The Kier molecular flexibility index (Phi) is 6.52. The number of alkyl halides is 3. The first-order valence-electron chi connectivity index (χ1n) is 10.0. The summed E-state index contributed by atoms with van der Waals surface area (Å²) >= 11 is 5.68. The number of anilines is 2. The van der Waals surface area contributed by atoms with Crippen molar-refractivity contribution in [2.45, 2.75) is 12.7 Å². The van der Waals surface area contributed by atoms with Gasteiger partial charge in [-0.05, 0) is 42.0 Å². The average molecular weight is 501 g/mol. The number of nitrogens with one attached hydrogen (secondary N) is 2. The monoisotopic (exact) mass is 500 g/mol. The van der Waals surface area contributed by atoms with Crippen molar-refractivity contribution in [2.75, 3.05) is 10.6 Å². The number of carbonyl (C=O) groups is 2. The van der Waals surface area contributed by atoms with Crippen LogP contribution in [0.5, 0.6) is 0 Å². The fourth-order valence-electron chi connectivity index (χ4n) is 3.36. The Balaban J connectivity index is 1.68. The SMILES string of the molecule is NC(=O)c1cc(NC(=O)c2ccncc2)cc2c(NCc3ccc(Cl)c(C(F)(F)F)c3)ncnc12. The lowest BCUT2D eigenvalue weighted by Crippen LogP contribution is -2.16. The first-order chi connectivity index (χ1) is 16.6. The van der Waals surface area contributed by atoms with Crippen LogP contribution in [0.15, 0.2) is 61.2 Å². The van der Waals surface area contributed by atoms with E-state index in [-0.39, 0.29) is 29.1 Å². The van der Waals surface area contributed by atoms with Gasteiger partial charge in [-0.15, -0.1) is 0 Å². The van der Waals surface area contributed by atoms with E-state index in [1.165, 1.54) is 49.1 Å². The molecule has 0 aliphatic carbocycles. The van der Waals surface area contributed by atoms with Gasteiger partial charge in [0.05, 0.1) is 21.7 Å². The van der Waals surface area contributed by atoms with Crippen LogP contribution in [0.25, 0.3) is 10.9 Å². The van der Waals surface area contributed by atoms with E-state index in [1.807, 2.05) is 0 Å². The summed E-state index contributed by atoms with van der Waals surface area (Å²) in [6.07, 6.45) is -0.496. The number of nitrogens with zero attached hydrogens (tertiary/aromatic N) is 3. The number of fused-ring (bicyclic) bond motifs is 1. The highest BCUT2D eigenvalue weighted by Crippen LogP contribution is 2.35. The van der Waals surface area contributed by atoms with Gasteiger partial charge < -0.3 is 16.4 Å². The maximum Gasteiger partial charge on any atom is 0.417 e. The fraction of sp³-hybridized carbons (Fsp3) is 0.0870. The van der Waals surface area contributed by atoms with Crippen molar-refractivity contribution in [2.24, 2.45) is 5.73 Å². The summed E-state index contributed by atoms with van der Waals surface area (Å²) in [4.78, 5) is 36.8. The lowest BCUT2D eigenvalue weighted by Gasteiger charge is -2.14. The molecule has 178 valence electrons. The van der Waals surface area contributed by atoms with E-state index in [2.05, 4.69) is 25.6 Å². The van der Waals surface area contributed by atoms with Crippen LogP contribution in [0.2, 0.25) is 5.02 Å². The minimum Gasteiger partial charge on any atom is -0.366 e. The molecule has 0 radical (unpaired) electrons. The molecule has 2 aromatic carbocycles. The molecule has 0 saturated carbocycles. The summed E-state index contributed by atoms with van der Waals surface area (Å²) < 4.78 is 39.6. The lowest BCUT2D eigenvalue weighted by molar-refractivity contribution is -0.137. The van der Waals surface area contributed by atoms with E-state index < -0.39 is 28.6 Å². The number of primary amides is 1. The molecular weight excluding hydrogens is 485 g/mol. The van der Waals surface area contributed by atoms with Crippen molar-refractivity contribution in [3.05, 3.63) is 88.5 Å². The Morgan fingerprint density at radius 1 is 1.03 bits per heavy atom. The Hall–Kier alpha value is -4.25. The molecule has 4 N–H and O–H groups in total. The third kappa shape index (κ3) is 5.30. The molecule has 2 heterocycles. The van der Waals surface area contributed by atoms with Gasteiger partial charge in [-0.3, -0.25) is 14.6 Å². The van der Waals surface area contributed by atoms with E-state index in [9.17, 15) is 22.8 Å². The molecule has 0 fully saturated rings. The molecule has 0 saturated heterocycles. The first kappa shape index (κ1) is 23.9. The van der Waals surface area contributed by atoms with Crippen LogP contribution in [0.4, 0.5) is 24.7 Å². The molecule has 4 rings (SSSR count). The second-order valence-electron chi connectivity index (χ2n) is 7.36. The van der Waals surface area contributed by atoms with Gasteiger partial charge in [0.2, 0.25) is 0 Å². The number of carbonyl (C=O) groups excluding carboxylic acids is 2. The Bertz CT molecular complexity index is 1430.